The van der Waals surface area contributed by atoms with E-state index in [2.05, 4.69) is 15.9 Å². The molecule has 110 valence electrons. The lowest BCUT2D eigenvalue weighted by atomic mass is 10.0. The molecule has 0 aliphatic heterocycles. The molecule has 2 aromatic rings. The highest BCUT2D eigenvalue weighted by Crippen LogP contribution is 2.28. The first kappa shape index (κ1) is 15.6. The summed E-state index contributed by atoms with van der Waals surface area (Å²) in [5, 5.41) is 0. The molecule has 0 radical (unpaired) electrons. The first-order chi connectivity index (χ1) is 10.2. The Morgan fingerprint density at radius 1 is 1.14 bits per heavy atom. The van der Waals surface area contributed by atoms with Crippen LogP contribution in [0.15, 0.2) is 46.9 Å². The van der Waals surface area contributed by atoms with Gasteiger partial charge in [-0.15, -0.1) is 0 Å². The van der Waals surface area contributed by atoms with Crippen LogP contribution in [0.1, 0.15) is 29.3 Å². The van der Waals surface area contributed by atoms with E-state index in [0.717, 1.165) is 16.6 Å². The Morgan fingerprint density at radius 2 is 1.90 bits per heavy atom. The van der Waals surface area contributed by atoms with E-state index in [0.29, 0.717) is 23.5 Å². The van der Waals surface area contributed by atoms with E-state index in [1.54, 1.807) is 31.4 Å². The van der Waals surface area contributed by atoms with Gasteiger partial charge in [-0.2, -0.15) is 0 Å². The number of carbonyl (C=O) groups is 1. The zero-order valence-electron chi connectivity index (χ0n) is 12.1. The van der Waals surface area contributed by atoms with Crippen LogP contribution in [-0.4, -0.2) is 19.5 Å². The van der Waals surface area contributed by atoms with Gasteiger partial charge in [0.15, 0.2) is 5.78 Å². The van der Waals surface area contributed by atoms with Crippen molar-refractivity contribution in [2.45, 2.75) is 13.3 Å². The molecule has 3 nitrogen and oxygen atoms in total. The fraction of sp³-hybridized carbons (Fsp3) is 0.235. The summed E-state index contributed by atoms with van der Waals surface area (Å²) in [5.41, 5.74) is 1.14. The molecule has 0 N–H and O–H groups in total. The second-order valence-electron chi connectivity index (χ2n) is 4.52. The van der Waals surface area contributed by atoms with Gasteiger partial charge in [0, 0.05) is 5.56 Å². The summed E-state index contributed by atoms with van der Waals surface area (Å²) in [4.78, 5) is 12.6. The molecule has 0 unspecified atom stereocenters. The summed E-state index contributed by atoms with van der Waals surface area (Å²) in [7, 11) is 1.56. The van der Waals surface area contributed by atoms with Gasteiger partial charge in [0.2, 0.25) is 0 Å². The number of hydrogen-bond acceptors (Lipinski definition) is 3. The Balaban J connectivity index is 2.29. The molecule has 4 heteroatoms. The highest BCUT2D eigenvalue weighted by Gasteiger charge is 2.15. The number of benzene rings is 2. The average molecular weight is 349 g/mol. The van der Waals surface area contributed by atoms with Crippen molar-refractivity contribution >= 4 is 21.7 Å². The van der Waals surface area contributed by atoms with Crippen molar-refractivity contribution in [3.05, 3.63) is 58.1 Å². The van der Waals surface area contributed by atoms with Crippen LogP contribution >= 0.6 is 15.9 Å². The minimum atomic E-state index is -0.0739. The van der Waals surface area contributed by atoms with Crippen molar-refractivity contribution in [1.29, 1.82) is 0 Å². The molecule has 0 fully saturated rings. The molecular weight excluding hydrogens is 332 g/mol. The number of ketones is 1. The third-order valence-corrected chi connectivity index (χ3v) is 3.63. The average Bonchev–Trinajstić information content (AvgIpc) is 2.53. The molecule has 0 saturated carbocycles. The van der Waals surface area contributed by atoms with Gasteiger partial charge in [0.1, 0.15) is 11.5 Å². The number of methoxy groups -OCH3 is 1. The molecule has 0 spiro atoms. The highest BCUT2D eigenvalue weighted by atomic mass is 79.9. The van der Waals surface area contributed by atoms with Crippen LogP contribution in [0, 0.1) is 0 Å². The summed E-state index contributed by atoms with van der Waals surface area (Å²) in [6.45, 7) is 2.70. The molecule has 0 atom stereocenters. The van der Waals surface area contributed by atoms with Crippen molar-refractivity contribution in [2.24, 2.45) is 0 Å². The van der Waals surface area contributed by atoms with Crippen molar-refractivity contribution in [3.63, 3.8) is 0 Å². The summed E-state index contributed by atoms with van der Waals surface area (Å²) >= 11 is 3.45. The molecule has 0 aromatic heterocycles. The van der Waals surface area contributed by atoms with E-state index in [-0.39, 0.29) is 5.78 Å². The standard InChI is InChI=1S/C17H17BrO3/c1-3-10-21-16-9-8-12(11-14(16)18)17(19)13-6-4-5-7-15(13)20-2/h4-9,11H,3,10H2,1-2H3. The normalized spacial score (nSPS) is 10.2. The smallest absolute Gasteiger partial charge is 0.196 e. The number of rotatable bonds is 6. The van der Waals surface area contributed by atoms with Gasteiger partial charge < -0.3 is 9.47 Å². The lowest BCUT2D eigenvalue weighted by Gasteiger charge is -2.10. The topological polar surface area (TPSA) is 35.5 Å². The van der Waals surface area contributed by atoms with Gasteiger partial charge in [0.25, 0.3) is 0 Å². The van der Waals surface area contributed by atoms with Crippen molar-refractivity contribution < 1.29 is 14.3 Å². The molecule has 21 heavy (non-hydrogen) atoms. The van der Waals surface area contributed by atoms with E-state index >= 15 is 0 Å². The zero-order valence-corrected chi connectivity index (χ0v) is 13.6. The van der Waals surface area contributed by atoms with Crippen LogP contribution in [0.5, 0.6) is 11.5 Å². The Bertz CT molecular complexity index is 638. The number of ether oxygens (including phenoxy) is 2. The molecule has 0 amide bonds. The lowest BCUT2D eigenvalue weighted by Crippen LogP contribution is -2.04. The Kier molecular flexibility index (Phi) is 5.39. The lowest BCUT2D eigenvalue weighted by molar-refractivity contribution is 0.103. The van der Waals surface area contributed by atoms with Crippen LogP contribution in [0.4, 0.5) is 0 Å². The molecule has 2 aromatic carbocycles. The van der Waals surface area contributed by atoms with Gasteiger partial charge in [-0.25, -0.2) is 0 Å². The fourth-order valence-corrected chi connectivity index (χ4v) is 2.45. The summed E-state index contributed by atoms with van der Waals surface area (Å²) in [6, 6.07) is 12.6. The van der Waals surface area contributed by atoms with Crippen LogP contribution < -0.4 is 9.47 Å². The van der Waals surface area contributed by atoms with Gasteiger partial charge in [0.05, 0.1) is 23.8 Å². The number of carbonyl (C=O) groups excluding carboxylic acids is 1. The molecule has 0 bridgehead atoms. The third kappa shape index (κ3) is 3.64. The van der Waals surface area contributed by atoms with Crippen LogP contribution in [-0.2, 0) is 0 Å². The third-order valence-electron chi connectivity index (χ3n) is 3.01. The summed E-state index contributed by atoms with van der Waals surface area (Å²) in [5.74, 6) is 1.24. The van der Waals surface area contributed by atoms with Gasteiger partial charge in [-0.3, -0.25) is 4.79 Å². The quantitative estimate of drug-likeness (QED) is 0.722. The predicted octanol–water partition coefficient (Wildman–Crippen LogP) is 4.48. The highest BCUT2D eigenvalue weighted by molar-refractivity contribution is 9.10. The second kappa shape index (κ2) is 7.27. The minimum absolute atomic E-state index is 0.0739. The van der Waals surface area contributed by atoms with Crippen LogP contribution in [0.2, 0.25) is 0 Å². The monoisotopic (exact) mass is 348 g/mol. The van der Waals surface area contributed by atoms with E-state index in [1.807, 2.05) is 25.1 Å². The van der Waals surface area contributed by atoms with Crippen molar-refractivity contribution in [3.8, 4) is 11.5 Å². The van der Waals surface area contributed by atoms with Crippen LogP contribution in [0.25, 0.3) is 0 Å². The van der Waals surface area contributed by atoms with Gasteiger partial charge in [-0.1, -0.05) is 19.1 Å². The summed E-state index contributed by atoms with van der Waals surface area (Å²) < 4.78 is 11.6. The molecule has 2 rings (SSSR count). The van der Waals surface area contributed by atoms with E-state index < -0.39 is 0 Å². The first-order valence-corrected chi connectivity index (χ1v) is 7.56. The Labute approximate surface area is 133 Å². The Morgan fingerprint density at radius 3 is 2.57 bits per heavy atom. The maximum absolute atomic E-state index is 12.6. The van der Waals surface area contributed by atoms with Crippen molar-refractivity contribution in [1.82, 2.24) is 0 Å². The molecule has 0 heterocycles. The minimum Gasteiger partial charge on any atom is -0.496 e. The molecular formula is C17H17BrO3. The number of halogens is 1. The fourth-order valence-electron chi connectivity index (χ4n) is 1.96. The molecule has 0 saturated heterocycles. The maximum atomic E-state index is 12.6. The van der Waals surface area contributed by atoms with E-state index in [1.165, 1.54) is 0 Å². The van der Waals surface area contributed by atoms with Crippen molar-refractivity contribution in [2.75, 3.05) is 13.7 Å². The van der Waals surface area contributed by atoms with Crippen LogP contribution in [0.3, 0.4) is 0 Å². The SMILES string of the molecule is CCCOc1ccc(C(=O)c2ccccc2OC)cc1Br. The zero-order chi connectivity index (χ0) is 15.2. The number of para-hydroxylation sites is 1. The largest absolute Gasteiger partial charge is 0.496 e. The van der Waals surface area contributed by atoms with Gasteiger partial charge in [-0.05, 0) is 52.7 Å². The molecule has 0 aliphatic rings. The predicted molar refractivity (Wildman–Crippen MR) is 86.4 cm³/mol. The van der Waals surface area contributed by atoms with E-state index in [9.17, 15) is 4.79 Å². The van der Waals surface area contributed by atoms with E-state index in [4.69, 9.17) is 9.47 Å². The maximum Gasteiger partial charge on any atom is 0.196 e. The number of hydrogen-bond donors (Lipinski definition) is 0. The first-order valence-electron chi connectivity index (χ1n) is 6.77. The second-order valence-corrected chi connectivity index (χ2v) is 5.38. The summed E-state index contributed by atoms with van der Waals surface area (Å²) in [6.07, 6.45) is 0.939. The van der Waals surface area contributed by atoms with Gasteiger partial charge >= 0.3 is 0 Å². The Hall–Kier alpha value is -1.81. The molecule has 0 aliphatic carbocycles.